The topological polar surface area (TPSA) is 68.5 Å². The monoisotopic (exact) mass is 405 g/mol. The fourth-order valence-electron chi connectivity index (χ4n) is 3.60. The molecule has 1 aromatic carbocycles. The summed E-state index contributed by atoms with van der Waals surface area (Å²) < 4.78 is 11.8. The lowest BCUT2D eigenvalue weighted by molar-refractivity contribution is 0.0723. The van der Waals surface area contributed by atoms with Crippen molar-refractivity contribution in [3.63, 3.8) is 0 Å². The molecule has 156 valence electrons. The van der Waals surface area contributed by atoms with E-state index < -0.39 is 0 Å². The summed E-state index contributed by atoms with van der Waals surface area (Å²) in [4.78, 5) is 23.8. The highest BCUT2D eigenvalue weighted by Gasteiger charge is 2.27. The number of hydrogen-bond donors (Lipinski definition) is 0. The quantitative estimate of drug-likeness (QED) is 0.525. The molecule has 0 radical (unpaired) electrons. The van der Waals surface area contributed by atoms with Gasteiger partial charge < -0.3 is 14.1 Å². The van der Waals surface area contributed by atoms with Crippen LogP contribution in [0.2, 0.25) is 0 Å². The predicted octanol–water partition coefficient (Wildman–Crippen LogP) is 4.23. The van der Waals surface area contributed by atoms with Gasteiger partial charge in [0, 0.05) is 31.8 Å². The SMILES string of the molecule is CCCCOc1ccccc1C(=O)N1CCc2oc(CCc3cccnc3)nc2C1. The van der Waals surface area contributed by atoms with Crippen LogP contribution in [0.1, 0.15) is 53.0 Å². The summed E-state index contributed by atoms with van der Waals surface area (Å²) in [6, 6.07) is 11.5. The van der Waals surface area contributed by atoms with E-state index in [1.807, 2.05) is 41.4 Å². The first-order valence-electron chi connectivity index (χ1n) is 10.6. The van der Waals surface area contributed by atoms with Gasteiger partial charge in [-0.25, -0.2) is 4.98 Å². The third kappa shape index (κ3) is 4.70. The number of nitrogens with zero attached hydrogens (tertiary/aromatic N) is 3. The molecule has 0 fully saturated rings. The number of benzene rings is 1. The average molecular weight is 405 g/mol. The summed E-state index contributed by atoms with van der Waals surface area (Å²) in [6.07, 6.45) is 7.89. The van der Waals surface area contributed by atoms with E-state index in [0.29, 0.717) is 37.4 Å². The van der Waals surface area contributed by atoms with Gasteiger partial charge in [-0.3, -0.25) is 9.78 Å². The van der Waals surface area contributed by atoms with Crippen molar-refractivity contribution in [2.45, 2.75) is 45.6 Å². The number of rotatable bonds is 8. The second kappa shape index (κ2) is 9.57. The third-order valence-corrected chi connectivity index (χ3v) is 5.28. The second-order valence-electron chi connectivity index (χ2n) is 7.51. The zero-order valence-corrected chi connectivity index (χ0v) is 17.3. The summed E-state index contributed by atoms with van der Waals surface area (Å²) in [5.74, 6) is 2.25. The van der Waals surface area contributed by atoms with Crippen LogP contribution in [-0.4, -0.2) is 33.9 Å². The number of aromatic nitrogens is 2. The second-order valence-corrected chi connectivity index (χ2v) is 7.51. The Kier molecular flexibility index (Phi) is 6.42. The van der Waals surface area contributed by atoms with Crippen LogP contribution >= 0.6 is 0 Å². The van der Waals surface area contributed by atoms with Crippen LogP contribution in [0.5, 0.6) is 5.75 Å². The fourth-order valence-corrected chi connectivity index (χ4v) is 3.60. The van der Waals surface area contributed by atoms with Gasteiger partial charge in [-0.05, 0) is 36.6 Å². The zero-order valence-electron chi connectivity index (χ0n) is 17.3. The first kappa shape index (κ1) is 20.1. The molecule has 6 heteroatoms. The van der Waals surface area contributed by atoms with Gasteiger partial charge in [-0.15, -0.1) is 0 Å². The van der Waals surface area contributed by atoms with E-state index in [2.05, 4.69) is 23.0 Å². The predicted molar refractivity (Wildman–Crippen MR) is 113 cm³/mol. The van der Waals surface area contributed by atoms with E-state index in [1.165, 1.54) is 0 Å². The van der Waals surface area contributed by atoms with Crippen molar-refractivity contribution in [2.75, 3.05) is 13.2 Å². The number of hydrogen-bond acceptors (Lipinski definition) is 5. The highest BCUT2D eigenvalue weighted by atomic mass is 16.5. The first-order valence-corrected chi connectivity index (χ1v) is 10.6. The minimum absolute atomic E-state index is 0.0207. The first-order chi connectivity index (χ1) is 14.7. The Labute approximate surface area is 176 Å². The number of para-hydroxylation sites is 1. The van der Waals surface area contributed by atoms with Crippen molar-refractivity contribution in [1.29, 1.82) is 0 Å². The molecule has 0 bridgehead atoms. The number of amides is 1. The molecular formula is C24H27N3O3. The molecule has 0 spiro atoms. The maximum absolute atomic E-state index is 13.2. The molecule has 0 N–H and O–H groups in total. The van der Waals surface area contributed by atoms with Crippen LogP contribution in [0.4, 0.5) is 0 Å². The molecule has 0 saturated carbocycles. The van der Waals surface area contributed by atoms with Gasteiger partial charge in [0.1, 0.15) is 17.2 Å². The average Bonchev–Trinajstić information content (AvgIpc) is 3.21. The molecule has 30 heavy (non-hydrogen) atoms. The summed E-state index contributed by atoms with van der Waals surface area (Å²) in [7, 11) is 0. The van der Waals surface area contributed by atoms with Crippen molar-refractivity contribution in [3.8, 4) is 5.75 Å². The van der Waals surface area contributed by atoms with Gasteiger partial charge in [0.05, 0.1) is 18.7 Å². The number of carbonyl (C=O) groups is 1. The lowest BCUT2D eigenvalue weighted by atomic mass is 10.1. The van der Waals surface area contributed by atoms with E-state index in [0.717, 1.165) is 48.6 Å². The normalized spacial score (nSPS) is 13.2. The molecule has 0 unspecified atom stereocenters. The standard InChI is InChI=1S/C24H27N3O3/c1-2-3-15-29-21-9-5-4-8-19(21)24(28)27-14-12-22-20(17-27)26-23(30-22)11-10-18-7-6-13-25-16-18/h4-9,13,16H,2-3,10-12,14-15,17H2,1H3. The Morgan fingerprint density at radius 2 is 2.10 bits per heavy atom. The Bertz CT molecular complexity index is 984. The van der Waals surface area contributed by atoms with Gasteiger partial charge in [-0.1, -0.05) is 31.5 Å². The molecule has 1 amide bonds. The van der Waals surface area contributed by atoms with Crippen LogP contribution in [0.3, 0.4) is 0 Å². The zero-order chi connectivity index (χ0) is 20.8. The number of carbonyl (C=O) groups excluding carboxylic acids is 1. The molecular weight excluding hydrogens is 378 g/mol. The smallest absolute Gasteiger partial charge is 0.257 e. The molecule has 1 aliphatic rings. The highest BCUT2D eigenvalue weighted by molar-refractivity contribution is 5.97. The van der Waals surface area contributed by atoms with Gasteiger partial charge in [-0.2, -0.15) is 0 Å². The molecule has 0 atom stereocenters. The van der Waals surface area contributed by atoms with Gasteiger partial charge in [0.15, 0.2) is 5.89 Å². The molecule has 6 nitrogen and oxygen atoms in total. The van der Waals surface area contributed by atoms with Crippen molar-refractivity contribution in [3.05, 3.63) is 77.3 Å². The van der Waals surface area contributed by atoms with Gasteiger partial charge >= 0.3 is 0 Å². The minimum atomic E-state index is -0.0207. The Hall–Kier alpha value is -3.15. The van der Waals surface area contributed by atoms with Gasteiger partial charge in [0.2, 0.25) is 0 Å². The van der Waals surface area contributed by atoms with Crippen molar-refractivity contribution >= 4 is 5.91 Å². The Morgan fingerprint density at radius 3 is 2.93 bits per heavy atom. The molecule has 2 aromatic heterocycles. The molecule has 0 aliphatic carbocycles. The van der Waals surface area contributed by atoms with E-state index in [-0.39, 0.29) is 5.91 Å². The van der Waals surface area contributed by atoms with Crippen molar-refractivity contribution in [1.82, 2.24) is 14.9 Å². The van der Waals surface area contributed by atoms with Crippen molar-refractivity contribution < 1.29 is 13.9 Å². The van der Waals surface area contributed by atoms with E-state index in [4.69, 9.17) is 9.15 Å². The fraction of sp³-hybridized carbons (Fsp3) is 0.375. The van der Waals surface area contributed by atoms with Crippen LogP contribution in [0.15, 0.2) is 53.2 Å². The lowest BCUT2D eigenvalue weighted by Gasteiger charge is -2.26. The number of aryl methyl sites for hydroxylation is 2. The number of ether oxygens (including phenoxy) is 1. The van der Waals surface area contributed by atoms with Crippen LogP contribution < -0.4 is 4.74 Å². The van der Waals surface area contributed by atoms with E-state index in [9.17, 15) is 4.79 Å². The number of unbranched alkanes of at least 4 members (excludes halogenated alkanes) is 1. The highest BCUT2D eigenvalue weighted by Crippen LogP contribution is 2.25. The Balaban J connectivity index is 1.42. The van der Waals surface area contributed by atoms with Crippen molar-refractivity contribution in [2.24, 2.45) is 0 Å². The molecule has 0 saturated heterocycles. The van der Waals surface area contributed by atoms with Crippen LogP contribution in [0, 0.1) is 0 Å². The number of oxazole rings is 1. The summed E-state index contributed by atoms with van der Waals surface area (Å²) in [5, 5.41) is 0. The summed E-state index contributed by atoms with van der Waals surface area (Å²) in [5.41, 5.74) is 2.63. The summed E-state index contributed by atoms with van der Waals surface area (Å²) in [6.45, 7) is 3.82. The number of pyridine rings is 1. The van der Waals surface area contributed by atoms with Crippen LogP contribution in [-0.2, 0) is 25.8 Å². The van der Waals surface area contributed by atoms with E-state index in [1.54, 1.807) is 6.20 Å². The molecule has 3 heterocycles. The van der Waals surface area contributed by atoms with Crippen LogP contribution in [0.25, 0.3) is 0 Å². The van der Waals surface area contributed by atoms with E-state index >= 15 is 0 Å². The van der Waals surface area contributed by atoms with Gasteiger partial charge in [0.25, 0.3) is 5.91 Å². The molecule has 4 rings (SSSR count). The lowest BCUT2D eigenvalue weighted by Crippen LogP contribution is -2.36. The summed E-state index contributed by atoms with van der Waals surface area (Å²) >= 11 is 0. The minimum Gasteiger partial charge on any atom is -0.493 e. The maximum atomic E-state index is 13.2. The Morgan fingerprint density at radius 1 is 1.20 bits per heavy atom. The maximum Gasteiger partial charge on any atom is 0.257 e. The largest absolute Gasteiger partial charge is 0.493 e. The number of fused-ring (bicyclic) bond motifs is 1. The molecule has 3 aromatic rings. The third-order valence-electron chi connectivity index (χ3n) is 5.28. The molecule has 1 aliphatic heterocycles.